The Hall–Kier alpha value is -2.08. The molecule has 0 aliphatic carbocycles. The van der Waals surface area contributed by atoms with Crippen LogP contribution in [0.1, 0.15) is 29.6 Å². The standard InChI is InChI=1S/C20H31N5S/c1-6-21-20(25(5)14-18-15-26-16(2)23-18)22-13-7-8-17-9-11-19(12-10-17)24(3)4/h9-12,15H,6-8,13-14H2,1-5H3,(H,21,22). The molecule has 6 heteroatoms. The molecule has 1 aromatic carbocycles. The fourth-order valence-corrected chi connectivity index (χ4v) is 3.30. The summed E-state index contributed by atoms with van der Waals surface area (Å²) in [6.45, 7) is 6.60. The molecule has 142 valence electrons. The molecule has 0 fully saturated rings. The van der Waals surface area contributed by atoms with Gasteiger partial charge in [0.1, 0.15) is 0 Å². The van der Waals surface area contributed by atoms with Gasteiger partial charge in [0.25, 0.3) is 0 Å². The van der Waals surface area contributed by atoms with Crippen LogP contribution in [0.2, 0.25) is 0 Å². The fourth-order valence-electron chi connectivity index (χ4n) is 2.70. The van der Waals surface area contributed by atoms with Crippen LogP contribution in [0.4, 0.5) is 5.69 Å². The highest BCUT2D eigenvalue weighted by atomic mass is 32.1. The summed E-state index contributed by atoms with van der Waals surface area (Å²) in [6.07, 6.45) is 2.09. The molecule has 1 aromatic heterocycles. The Balaban J connectivity index is 1.85. The molecule has 26 heavy (non-hydrogen) atoms. The zero-order chi connectivity index (χ0) is 18.9. The molecule has 0 radical (unpaired) electrons. The molecule has 0 unspecified atom stereocenters. The van der Waals surface area contributed by atoms with Crippen LogP contribution >= 0.6 is 11.3 Å². The summed E-state index contributed by atoms with van der Waals surface area (Å²) in [7, 11) is 6.20. The molecule has 5 nitrogen and oxygen atoms in total. The predicted octanol–water partition coefficient (Wildman–Crippen LogP) is 3.55. The van der Waals surface area contributed by atoms with Gasteiger partial charge in [-0.1, -0.05) is 12.1 Å². The van der Waals surface area contributed by atoms with E-state index in [1.54, 1.807) is 11.3 Å². The fraction of sp³-hybridized carbons (Fsp3) is 0.500. The highest BCUT2D eigenvalue weighted by molar-refractivity contribution is 7.09. The largest absolute Gasteiger partial charge is 0.378 e. The number of rotatable bonds is 8. The van der Waals surface area contributed by atoms with Gasteiger partial charge in [0.2, 0.25) is 0 Å². The number of hydrogen-bond donors (Lipinski definition) is 1. The third kappa shape index (κ3) is 6.33. The average Bonchev–Trinajstić information content (AvgIpc) is 3.02. The Morgan fingerprint density at radius 2 is 1.92 bits per heavy atom. The Morgan fingerprint density at radius 3 is 2.50 bits per heavy atom. The first-order chi connectivity index (χ1) is 12.5. The van der Waals surface area contributed by atoms with E-state index in [0.717, 1.165) is 49.1 Å². The van der Waals surface area contributed by atoms with Gasteiger partial charge < -0.3 is 15.1 Å². The Bertz CT molecular complexity index is 690. The smallest absolute Gasteiger partial charge is 0.194 e. The van der Waals surface area contributed by atoms with Gasteiger partial charge in [-0.2, -0.15) is 0 Å². The normalized spacial score (nSPS) is 11.5. The summed E-state index contributed by atoms with van der Waals surface area (Å²) in [5.41, 5.74) is 3.70. The number of thiazole rings is 1. The van der Waals surface area contributed by atoms with E-state index in [4.69, 9.17) is 4.99 Å². The van der Waals surface area contributed by atoms with E-state index in [9.17, 15) is 0 Å². The highest BCUT2D eigenvalue weighted by Gasteiger charge is 2.08. The summed E-state index contributed by atoms with van der Waals surface area (Å²) in [4.78, 5) is 13.6. The number of anilines is 1. The van der Waals surface area contributed by atoms with Crippen LogP contribution in [-0.2, 0) is 13.0 Å². The van der Waals surface area contributed by atoms with E-state index in [1.807, 2.05) is 6.92 Å². The predicted molar refractivity (Wildman–Crippen MR) is 113 cm³/mol. The zero-order valence-corrected chi connectivity index (χ0v) is 17.4. The lowest BCUT2D eigenvalue weighted by atomic mass is 10.1. The zero-order valence-electron chi connectivity index (χ0n) is 16.6. The molecular formula is C20H31N5S. The summed E-state index contributed by atoms with van der Waals surface area (Å²) in [5, 5.41) is 6.60. The van der Waals surface area contributed by atoms with Crippen molar-refractivity contribution in [3.05, 3.63) is 45.9 Å². The van der Waals surface area contributed by atoms with Gasteiger partial charge in [0, 0.05) is 45.3 Å². The molecule has 0 atom stereocenters. The van der Waals surface area contributed by atoms with Crippen LogP contribution in [0.5, 0.6) is 0 Å². The first kappa shape index (κ1) is 20.2. The molecule has 0 aliphatic rings. The molecule has 0 aliphatic heterocycles. The highest BCUT2D eigenvalue weighted by Crippen LogP contribution is 2.13. The number of hydrogen-bond acceptors (Lipinski definition) is 4. The monoisotopic (exact) mass is 373 g/mol. The van der Waals surface area contributed by atoms with Gasteiger partial charge in [-0.25, -0.2) is 4.98 Å². The van der Waals surface area contributed by atoms with Crippen molar-refractivity contribution < 1.29 is 0 Å². The van der Waals surface area contributed by atoms with Crippen molar-refractivity contribution in [2.45, 2.75) is 33.2 Å². The minimum Gasteiger partial charge on any atom is -0.378 e. The van der Waals surface area contributed by atoms with Gasteiger partial charge in [-0.15, -0.1) is 11.3 Å². The maximum atomic E-state index is 4.78. The minimum atomic E-state index is 0.780. The first-order valence-corrected chi connectivity index (χ1v) is 10.0. The molecule has 2 rings (SSSR count). The van der Waals surface area contributed by atoms with E-state index in [1.165, 1.54) is 11.3 Å². The van der Waals surface area contributed by atoms with Crippen molar-refractivity contribution in [3.8, 4) is 0 Å². The average molecular weight is 374 g/mol. The second kappa shape index (κ2) is 10.2. The number of aromatic nitrogens is 1. The number of nitrogens with zero attached hydrogens (tertiary/aromatic N) is 4. The van der Waals surface area contributed by atoms with Crippen LogP contribution in [0, 0.1) is 6.92 Å². The van der Waals surface area contributed by atoms with Crippen LogP contribution in [-0.4, -0.2) is 50.1 Å². The van der Waals surface area contributed by atoms with Crippen LogP contribution in [0.3, 0.4) is 0 Å². The van der Waals surface area contributed by atoms with Crippen LogP contribution in [0.15, 0.2) is 34.6 Å². The van der Waals surface area contributed by atoms with E-state index < -0.39 is 0 Å². The lowest BCUT2D eigenvalue weighted by Crippen LogP contribution is -2.38. The second-order valence-corrected chi connectivity index (χ2v) is 7.68. The van der Waals surface area contributed by atoms with Crippen molar-refractivity contribution in [1.29, 1.82) is 0 Å². The Kier molecular flexibility index (Phi) is 7.91. The molecule has 1 heterocycles. The molecule has 0 bridgehead atoms. The summed E-state index contributed by atoms with van der Waals surface area (Å²) in [5.74, 6) is 0.945. The molecule has 0 spiro atoms. The molecular weight excluding hydrogens is 342 g/mol. The number of nitrogens with one attached hydrogen (secondary N) is 1. The van der Waals surface area contributed by atoms with Crippen molar-refractivity contribution in [2.24, 2.45) is 4.99 Å². The number of benzene rings is 1. The maximum absolute atomic E-state index is 4.78. The van der Waals surface area contributed by atoms with E-state index in [-0.39, 0.29) is 0 Å². The van der Waals surface area contributed by atoms with Crippen molar-refractivity contribution in [2.75, 3.05) is 39.1 Å². The van der Waals surface area contributed by atoms with Crippen LogP contribution in [0.25, 0.3) is 0 Å². The Morgan fingerprint density at radius 1 is 1.19 bits per heavy atom. The number of aliphatic imine (C=N–C) groups is 1. The number of guanidine groups is 1. The Labute approximate surface area is 161 Å². The van der Waals surface area contributed by atoms with Gasteiger partial charge in [0.05, 0.1) is 17.2 Å². The van der Waals surface area contributed by atoms with Crippen molar-refractivity contribution in [1.82, 2.24) is 15.2 Å². The topological polar surface area (TPSA) is 43.8 Å². The second-order valence-electron chi connectivity index (χ2n) is 6.61. The molecule has 2 aromatic rings. The summed E-state index contributed by atoms with van der Waals surface area (Å²) >= 11 is 1.69. The van der Waals surface area contributed by atoms with Gasteiger partial charge in [-0.05, 0) is 44.4 Å². The van der Waals surface area contributed by atoms with Gasteiger partial charge in [0.15, 0.2) is 5.96 Å². The molecule has 0 saturated carbocycles. The third-order valence-electron chi connectivity index (χ3n) is 4.10. The van der Waals surface area contributed by atoms with Gasteiger partial charge >= 0.3 is 0 Å². The third-order valence-corrected chi connectivity index (χ3v) is 4.92. The molecule has 1 N–H and O–H groups in total. The maximum Gasteiger partial charge on any atom is 0.194 e. The van der Waals surface area contributed by atoms with E-state index in [2.05, 4.69) is 77.8 Å². The quantitative estimate of drug-likeness (QED) is 0.437. The van der Waals surface area contributed by atoms with E-state index >= 15 is 0 Å². The molecule has 0 amide bonds. The van der Waals surface area contributed by atoms with Gasteiger partial charge in [-0.3, -0.25) is 4.99 Å². The lowest BCUT2D eigenvalue weighted by molar-refractivity contribution is 0.470. The molecule has 0 saturated heterocycles. The minimum absolute atomic E-state index is 0.780. The number of aryl methyl sites for hydroxylation is 2. The SMILES string of the molecule is CCNC(=NCCCc1ccc(N(C)C)cc1)N(C)Cc1csc(C)n1. The van der Waals surface area contributed by atoms with Crippen molar-refractivity contribution in [3.63, 3.8) is 0 Å². The summed E-state index contributed by atoms with van der Waals surface area (Å²) < 4.78 is 0. The summed E-state index contributed by atoms with van der Waals surface area (Å²) in [6, 6.07) is 8.76. The lowest BCUT2D eigenvalue weighted by Gasteiger charge is -2.21. The van der Waals surface area contributed by atoms with Crippen LogP contribution < -0.4 is 10.2 Å². The van der Waals surface area contributed by atoms with E-state index in [0.29, 0.717) is 0 Å². The van der Waals surface area contributed by atoms with Crippen molar-refractivity contribution >= 4 is 23.0 Å². The first-order valence-electron chi connectivity index (χ1n) is 9.16.